The number of nitrogens with zero attached hydrogens (tertiary/aromatic N) is 1. The maximum absolute atomic E-state index is 10.9. The third kappa shape index (κ3) is 2.37. The molecule has 0 saturated heterocycles. The Labute approximate surface area is 108 Å². The van der Waals surface area contributed by atoms with Crippen LogP contribution in [0.4, 0.5) is 0 Å². The van der Waals surface area contributed by atoms with Gasteiger partial charge < -0.3 is 4.57 Å². The van der Waals surface area contributed by atoms with Gasteiger partial charge in [0.2, 0.25) is 0 Å². The number of benzene rings is 1. The molecule has 2 rings (SSSR count). The molecule has 0 aliphatic rings. The molecule has 1 aromatic heterocycles. The predicted octanol–water partition coefficient (Wildman–Crippen LogP) is 3.47. The highest BCUT2D eigenvalue weighted by Crippen LogP contribution is 2.15. The van der Waals surface area contributed by atoms with Crippen molar-refractivity contribution in [2.24, 2.45) is 0 Å². The maximum atomic E-state index is 10.9. The molecule has 0 aliphatic heterocycles. The van der Waals surface area contributed by atoms with E-state index in [4.69, 9.17) is 0 Å². The summed E-state index contributed by atoms with van der Waals surface area (Å²) >= 11 is 0. The van der Waals surface area contributed by atoms with Gasteiger partial charge in [-0.05, 0) is 44.4 Å². The summed E-state index contributed by atoms with van der Waals surface area (Å²) in [6, 6.07) is 10.4. The average molecular weight is 241 g/mol. The predicted molar refractivity (Wildman–Crippen MR) is 74.2 cm³/mol. The molecule has 0 amide bonds. The van der Waals surface area contributed by atoms with E-state index in [1.165, 1.54) is 11.1 Å². The number of hydrogen-bond donors (Lipinski definition) is 0. The molecule has 0 fully saturated rings. The Balaban J connectivity index is 2.18. The molecule has 2 aromatic rings. The van der Waals surface area contributed by atoms with E-state index in [9.17, 15) is 4.79 Å². The Kier molecular flexibility index (Phi) is 3.66. The first kappa shape index (κ1) is 12.6. The second-order valence-electron chi connectivity index (χ2n) is 4.77. The largest absolute Gasteiger partial charge is 0.348 e. The molecule has 0 aliphatic carbocycles. The topological polar surface area (TPSA) is 22.0 Å². The van der Waals surface area contributed by atoms with E-state index < -0.39 is 0 Å². The molecular formula is C16H19NO. The summed E-state index contributed by atoms with van der Waals surface area (Å²) in [6.45, 7) is 7.13. The van der Waals surface area contributed by atoms with Crippen LogP contribution in [0.25, 0.3) is 0 Å². The van der Waals surface area contributed by atoms with Gasteiger partial charge >= 0.3 is 0 Å². The monoisotopic (exact) mass is 241 g/mol. The van der Waals surface area contributed by atoms with Crippen molar-refractivity contribution < 1.29 is 4.79 Å². The maximum Gasteiger partial charge on any atom is 0.151 e. The lowest BCUT2D eigenvalue weighted by atomic mass is 10.1. The van der Waals surface area contributed by atoms with E-state index in [2.05, 4.69) is 42.7 Å². The Bertz CT molecular complexity index is 566. The summed E-state index contributed by atoms with van der Waals surface area (Å²) in [4.78, 5) is 10.9. The molecule has 1 aromatic carbocycles. The van der Waals surface area contributed by atoms with Crippen LogP contribution in [0.5, 0.6) is 0 Å². The van der Waals surface area contributed by atoms with Crippen LogP contribution in [0, 0.1) is 20.8 Å². The second kappa shape index (κ2) is 5.21. The SMILES string of the molecule is Cc1ccccc1CCn1c(C)cc(C=O)c1C. The molecule has 1 heterocycles. The van der Waals surface area contributed by atoms with Crippen molar-refractivity contribution >= 4 is 6.29 Å². The Morgan fingerprint density at radius 3 is 2.50 bits per heavy atom. The van der Waals surface area contributed by atoms with Crippen molar-refractivity contribution in [3.63, 3.8) is 0 Å². The zero-order valence-corrected chi connectivity index (χ0v) is 11.2. The van der Waals surface area contributed by atoms with Gasteiger partial charge in [-0.3, -0.25) is 4.79 Å². The van der Waals surface area contributed by atoms with Crippen LogP contribution >= 0.6 is 0 Å². The van der Waals surface area contributed by atoms with Gasteiger partial charge in [0.05, 0.1) is 0 Å². The first-order valence-electron chi connectivity index (χ1n) is 6.30. The summed E-state index contributed by atoms with van der Waals surface area (Å²) in [5.41, 5.74) is 5.73. The van der Waals surface area contributed by atoms with Crippen molar-refractivity contribution in [2.75, 3.05) is 0 Å². The molecular weight excluding hydrogens is 222 g/mol. The molecule has 0 radical (unpaired) electrons. The van der Waals surface area contributed by atoms with Crippen LogP contribution < -0.4 is 0 Å². The van der Waals surface area contributed by atoms with Gasteiger partial charge in [0.15, 0.2) is 6.29 Å². The molecule has 0 bridgehead atoms. The average Bonchev–Trinajstić information content (AvgIpc) is 2.64. The van der Waals surface area contributed by atoms with Crippen LogP contribution in [0.15, 0.2) is 30.3 Å². The lowest BCUT2D eigenvalue weighted by Crippen LogP contribution is -2.06. The minimum Gasteiger partial charge on any atom is -0.348 e. The van der Waals surface area contributed by atoms with E-state index >= 15 is 0 Å². The lowest BCUT2D eigenvalue weighted by Gasteiger charge is -2.11. The molecule has 0 atom stereocenters. The van der Waals surface area contributed by atoms with Gasteiger partial charge in [-0.25, -0.2) is 0 Å². The fourth-order valence-corrected chi connectivity index (χ4v) is 2.41. The minimum atomic E-state index is 0.803. The summed E-state index contributed by atoms with van der Waals surface area (Å²) in [7, 11) is 0. The number of rotatable bonds is 4. The Hall–Kier alpha value is -1.83. The number of hydrogen-bond acceptors (Lipinski definition) is 1. The third-order valence-corrected chi connectivity index (χ3v) is 3.61. The van der Waals surface area contributed by atoms with Crippen LogP contribution in [0.3, 0.4) is 0 Å². The summed E-state index contributed by atoms with van der Waals surface area (Å²) < 4.78 is 2.22. The van der Waals surface area contributed by atoms with E-state index in [1.54, 1.807) is 0 Å². The van der Waals surface area contributed by atoms with Crippen molar-refractivity contribution in [1.82, 2.24) is 4.57 Å². The summed E-state index contributed by atoms with van der Waals surface area (Å²) in [6.07, 6.45) is 1.94. The third-order valence-electron chi connectivity index (χ3n) is 3.61. The fraction of sp³-hybridized carbons (Fsp3) is 0.312. The summed E-state index contributed by atoms with van der Waals surface area (Å²) in [5, 5.41) is 0. The highest BCUT2D eigenvalue weighted by molar-refractivity contribution is 5.77. The number of carbonyl (C=O) groups is 1. The molecule has 0 spiro atoms. The molecule has 18 heavy (non-hydrogen) atoms. The van der Waals surface area contributed by atoms with Crippen LogP contribution in [-0.2, 0) is 13.0 Å². The lowest BCUT2D eigenvalue weighted by molar-refractivity contribution is 0.112. The first-order valence-corrected chi connectivity index (χ1v) is 6.30. The van der Waals surface area contributed by atoms with Gasteiger partial charge in [0.25, 0.3) is 0 Å². The molecule has 94 valence electrons. The zero-order chi connectivity index (χ0) is 13.1. The number of aromatic nitrogens is 1. The van der Waals surface area contributed by atoms with E-state index in [0.29, 0.717) is 0 Å². The quantitative estimate of drug-likeness (QED) is 0.751. The molecule has 0 saturated carbocycles. The molecule has 0 unspecified atom stereocenters. The van der Waals surface area contributed by atoms with Crippen molar-refractivity contribution in [3.8, 4) is 0 Å². The van der Waals surface area contributed by atoms with Gasteiger partial charge in [-0.2, -0.15) is 0 Å². The van der Waals surface area contributed by atoms with Gasteiger partial charge in [-0.1, -0.05) is 24.3 Å². The van der Waals surface area contributed by atoms with Crippen molar-refractivity contribution in [1.29, 1.82) is 0 Å². The first-order chi connectivity index (χ1) is 8.63. The van der Waals surface area contributed by atoms with Crippen LogP contribution in [0.1, 0.15) is 32.9 Å². The smallest absolute Gasteiger partial charge is 0.151 e. The van der Waals surface area contributed by atoms with Crippen molar-refractivity contribution in [3.05, 3.63) is 58.4 Å². The summed E-state index contributed by atoms with van der Waals surface area (Å²) in [5.74, 6) is 0. The zero-order valence-electron chi connectivity index (χ0n) is 11.2. The highest BCUT2D eigenvalue weighted by Gasteiger charge is 2.08. The van der Waals surface area contributed by atoms with Crippen LogP contribution in [-0.4, -0.2) is 10.9 Å². The highest BCUT2D eigenvalue weighted by atomic mass is 16.1. The molecule has 2 heteroatoms. The Morgan fingerprint density at radius 1 is 1.17 bits per heavy atom. The van der Waals surface area contributed by atoms with Gasteiger partial charge in [-0.15, -0.1) is 0 Å². The minimum absolute atomic E-state index is 0.803. The number of aldehydes is 1. The van der Waals surface area contributed by atoms with Crippen molar-refractivity contribution in [2.45, 2.75) is 33.7 Å². The van der Waals surface area contributed by atoms with Gasteiger partial charge in [0, 0.05) is 23.5 Å². The number of aryl methyl sites for hydroxylation is 3. The number of carbonyl (C=O) groups excluding carboxylic acids is 1. The second-order valence-corrected chi connectivity index (χ2v) is 4.77. The fourth-order valence-electron chi connectivity index (χ4n) is 2.41. The van der Waals surface area contributed by atoms with E-state index in [1.807, 2.05) is 13.0 Å². The standard InChI is InChI=1S/C16H19NO/c1-12-6-4-5-7-15(12)8-9-17-13(2)10-16(11-18)14(17)3/h4-7,10-11H,8-9H2,1-3H3. The van der Waals surface area contributed by atoms with Crippen LogP contribution in [0.2, 0.25) is 0 Å². The van der Waals surface area contributed by atoms with E-state index in [0.717, 1.165) is 36.2 Å². The van der Waals surface area contributed by atoms with E-state index in [-0.39, 0.29) is 0 Å². The molecule has 0 N–H and O–H groups in total. The molecule has 2 nitrogen and oxygen atoms in total. The Morgan fingerprint density at radius 2 is 1.89 bits per heavy atom. The normalized spacial score (nSPS) is 10.6. The van der Waals surface area contributed by atoms with Gasteiger partial charge in [0.1, 0.15) is 0 Å².